The predicted molar refractivity (Wildman–Crippen MR) is 112 cm³/mol. The quantitative estimate of drug-likeness (QED) is 0.543. The van der Waals surface area contributed by atoms with E-state index in [1.165, 1.54) is 16.9 Å². The second kappa shape index (κ2) is 8.52. The summed E-state index contributed by atoms with van der Waals surface area (Å²) in [6, 6.07) is 18.2. The zero-order valence-corrected chi connectivity index (χ0v) is 16.4. The molecule has 0 atom stereocenters. The second-order valence-electron chi connectivity index (χ2n) is 6.36. The molecular weight excluding hydrogens is 354 g/mol. The number of nitriles is 1. The van der Waals surface area contributed by atoms with Crippen molar-refractivity contribution in [3.63, 3.8) is 0 Å². The first kappa shape index (κ1) is 18.7. The Morgan fingerprint density at radius 3 is 2.44 bits per heavy atom. The SMILES string of the molecule is COc1ccc(-c2csc(/C(C#N)=C/Nc3ccc(C(C)C)cc3)n2)cc1. The Kier molecular flexibility index (Phi) is 5.90. The molecule has 0 unspecified atom stereocenters. The summed E-state index contributed by atoms with van der Waals surface area (Å²) in [5.74, 6) is 1.30. The summed E-state index contributed by atoms with van der Waals surface area (Å²) in [5.41, 5.74) is 4.58. The highest BCUT2D eigenvalue weighted by atomic mass is 32.1. The number of methoxy groups -OCH3 is 1. The van der Waals surface area contributed by atoms with Crippen molar-refractivity contribution in [2.45, 2.75) is 19.8 Å². The van der Waals surface area contributed by atoms with Gasteiger partial charge in [0.1, 0.15) is 22.4 Å². The molecule has 0 bridgehead atoms. The first-order valence-electron chi connectivity index (χ1n) is 8.68. The van der Waals surface area contributed by atoms with Gasteiger partial charge in [-0.1, -0.05) is 26.0 Å². The van der Waals surface area contributed by atoms with Gasteiger partial charge in [-0.2, -0.15) is 5.26 Å². The lowest BCUT2D eigenvalue weighted by atomic mass is 10.0. The fourth-order valence-corrected chi connectivity index (χ4v) is 3.35. The highest BCUT2D eigenvalue weighted by molar-refractivity contribution is 7.11. The first-order valence-corrected chi connectivity index (χ1v) is 9.55. The van der Waals surface area contributed by atoms with E-state index in [0.29, 0.717) is 16.5 Å². The lowest BCUT2D eigenvalue weighted by molar-refractivity contribution is 0.415. The van der Waals surface area contributed by atoms with E-state index < -0.39 is 0 Å². The number of aromatic nitrogens is 1. The number of anilines is 1. The molecule has 0 aliphatic rings. The number of allylic oxidation sites excluding steroid dienone is 1. The number of benzene rings is 2. The van der Waals surface area contributed by atoms with E-state index in [1.54, 1.807) is 13.3 Å². The summed E-state index contributed by atoms with van der Waals surface area (Å²) in [5, 5.41) is 15.4. The van der Waals surface area contributed by atoms with Crippen LogP contribution < -0.4 is 10.1 Å². The fourth-order valence-electron chi connectivity index (χ4n) is 2.55. The molecule has 1 N–H and O–H groups in total. The highest BCUT2D eigenvalue weighted by Crippen LogP contribution is 2.27. The molecule has 27 heavy (non-hydrogen) atoms. The number of nitrogens with one attached hydrogen (secondary N) is 1. The lowest BCUT2D eigenvalue weighted by Crippen LogP contribution is -1.92. The maximum absolute atomic E-state index is 9.51. The molecule has 0 saturated heterocycles. The van der Waals surface area contributed by atoms with Crippen LogP contribution in [0.15, 0.2) is 60.1 Å². The maximum atomic E-state index is 9.51. The van der Waals surface area contributed by atoms with Gasteiger partial charge in [-0.3, -0.25) is 0 Å². The predicted octanol–water partition coefficient (Wildman–Crippen LogP) is 5.92. The van der Waals surface area contributed by atoms with Crippen LogP contribution >= 0.6 is 11.3 Å². The molecule has 0 spiro atoms. The molecule has 5 heteroatoms. The second-order valence-corrected chi connectivity index (χ2v) is 7.22. The van der Waals surface area contributed by atoms with E-state index in [4.69, 9.17) is 4.74 Å². The minimum Gasteiger partial charge on any atom is -0.497 e. The number of thiazole rings is 1. The number of hydrogen-bond acceptors (Lipinski definition) is 5. The fraction of sp³-hybridized carbons (Fsp3) is 0.182. The third-order valence-corrected chi connectivity index (χ3v) is 5.08. The Bertz CT molecular complexity index is 964. The van der Waals surface area contributed by atoms with Crippen LogP contribution in [0.2, 0.25) is 0 Å². The van der Waals surface area contributed by atoms with Crippen LogP contribution in [0, 0.1) is 11.3 Å². The van der Waals surface area contributed by atoms with E-state index in [9.17, 15) is 5.26 Å². The van der Waals surface area contributed by atoms with E-state index in [2.05, 4.69) is 42.4 Å². The standard InChI is InChI=1S/C22H21N3OS/c1-15(2)16-4-8-19(9-5-16)24-13-18(12-23)22-25-21(14-27-22)17-6-10-20(26-3)11-7-17/h4-11,13-15,24H,1-3H3/b18-13+. The number of hydrogen-bond donors (Lipinski definition) is 1. The topological polar surface area (TPSA) is 57.9 Å². The van der Waals surface area contributed by atoms with Crippen LogP contribution in [0.4, 0.5) is 5.69 Å². The lowest BCUT2D eigenvalue weighted by Gasteiger charge is -2.06. The van der Waals surface area contributed by atoms with Gasteiger partial charge in [-0.25, -0.2) is 4.98 Å². The zero-order chi connectivity index (χ0) is 19.2. The molecule has 0 saturated carbocycles. The average Bonchev–Trinajstić information content (AvgIpc) is 3.19. The van der Waals surface area contributed by atoms with E-state index >= 15 is 0 Å². The average molecular weight is 375 g/mol. The molecule has 0 amide bonds. The van der Waals surface area contributed by atoms with Gasteiger partial charge in [0.15, 0.2) is 0 Å². The van der Waals surface area contributed by atoms with Crippen molar-refractivity contribution in [3.05, 3.63) is 70.7 Å². The first-order chi connectivity index (χ1) is 13.1. The Balaban J connectivity index is 1.76. The van der Waals surface area contributed by atoms with Crippen molar-refractivity contribution in [2.24, 2.45) is 0 Å². The van der Waals surface area contributed by atoms with E-state index in [1.807, 2.05) is 41.8 Å². The van der Waals surface area contributed by atoms with Crippen LogP contribution in [0.5, 0.6) is 5.75 Å². The molecule has 1 aromatic heterocycles. The van der Waals surface area contributed by atoms with Gasteiger partial charge in [0.25, 0.3) is 0 Å². The Morgan fingerprint density at radius 2 is 1.85 bits per heavy atom. The Labute approximate surface area is 163 Å². The summed E-state index contributed by atoms with van der Waals surface area (Å²) >= 11 is 1.46. The van der Waals surface area contributed by atoms with Crippen LogP contribution in [0.3, 0.4) is 0 Å². The Morgan fingerprint density at radius 1 is 1.15 bits per heavy atom. The monoisotopic (exact) mass is 375 g/mol. The van der Waals surface area contributed by atoms with Gasteiger partial charge in [0, 0.05) is 22.8 Å². The molecule has 2 aromatic carbocycles. The molecule has 0 aliphatic heterocycles. The Hall–Kier alpha value is -3.10. The van der Waals surface area contributed by atoms with E-state index in [-0.39, 0.29) is 0 Å². The van der Waals surface area contributed by atoms with Gasteiger partial charge < -0.3 is 10.1 Å². The summed E-state index contributed by atoms with van der Waals surface area (Å²) < 4.78 is 5.18. The third-order valence-electron chi connectivity index (χ3n) is 4.20. The molecule has 1 heterocycles. The van der Waals surface area contributed by atoms with Crippen molar-refractivity contribution in [3.8, 4) is 23.1 Å². The van der Waals surface area contributed by atoms with Gasteiger partial charge in [0.2, 0.25) is 0 Å². The van der Waals surface area contributed by atoms with Crippen molar-refractivity contribution < 1.29 is 4.74 Å². The van der Waals surface area contributed by atoms with Gasteiger partial charge in [-0.05, 0) is 47.9 Å². The van der Waals surface area contributed by atoms with Crippen LogP contribution in [-0.2, 0) is 0 Å². The van der Waals surface area contributed by atoms with Crippen molar-refractivity contribution in [1.82, 2.24) is 4.98 Å². The van der Waals surface area contributed by atoms with Gasteiger partial charge in [0.05, 0.1) is 12.8 Å². The molecular formula is C22H21N3OS. The normalized spacial score (nSPS) is 11.3. The summed E-state index contributed by atoms with van der Waals surface area (Å²) in [4.78, 5) is 4.60. The van der Waals surface area contributed by atoms with Crippen LogP contribution in [-0.4, -0.2) is 12.1 Å². The molecule has 0 aliphatic carbocycles. The molecule has 136 valence electrons. The van der Waals surface area contributed by atoms with E-state index in [0.717, 1.165) is 22.7 Å². The van der Waals surface area contributed by atoms with Gasteiger partial charge in [-0.15, -0.1) is 11.3 Å². The largest absolute Gasteiger partial charge is 0.497 e. The number of nitrogens with zero attached hydrogens (tertiary/aromatic N) is 2. The number of ether oxygens (including phenoxy) is 1. The highest BCUT2D eigenvalue weighted by Gasteiger charge is 2.09. The summed E-state index contributed by atoms with van der Waals surface area (Å²) in [6.45, 7) is 4.33. The zero-order valence-electron chi connectivity index (χ0n) is 15.6. The van der Waals surface area contributed by atoms with Crippen LogP contribution in [0.25, 0.3) is 16.8 Å². The number of rotatable bonds is 6. The van der Waals surface area contributed by atoms with Crippen LogP contribution in [0.1, 0.15) is 30.3 Å². The van der Waals surface area contributed by atoms with Crippen molar-refractivity contribution in [1.29, 1.82) is 5.26 Å². The molecule has 3 aromatic rings. The van der Waals surface area contributed by atoms with Crippen molar-refractivity contribution >= 4 is 22.6 Å². The summed E-state index contributed by atoms with van der Waals surface area (Å²) in [7, 11) is 1.64. The maximum Gasteiger partial charge on any atom is 0.136 e. The summed E-state index contributed by atoms with van der Waals surface area (Å²) in [6.07, 6.45) is 1.71. The molecule has 0 fully saturated rings. The molecule has 3 rings (SSSR count). The minimum atomic E-state index is 0.496. The smallest absolute Gasteiger partial charge is 0.136 e. The molecule has 4 nitrogen and oxygen atoms in total. The van der Waals surface area contributed by atoms with Gasteiger partial charge >= 0.3 is 0 Å². The minimum absolute atomic E-state index is 0.496. The van der Waals surface area contributed by atoms with Crippen molar-refractivity contribution in [2.75, 3.05) is 12.4 Å². The molecule has 0 radical (unpaired) electrons. The third kappa shape index (κ3) is 4.55.